The number of nitrogens with one attached hydrogen (secondary N) is 1. The molecule has 6 nitrogen and oxygen atoms in total. The minimum absolute atomic E-state index is 0.158. The average molecular weight is 190 g/mol. The van der Waals surface area contributed by atoms with Crippen LogP contribution >= 0.6 is 0 Å². The largest absolute Gasteiger partial charge is 0.480 e. The highest BCUT2D eigenvalue weighted by atomic mass is 16.5. The van der Waals surface area contributed by atoms with Gasteiger partial charge in [-0.25, -0.2) is 0 Å². The quantitative estimate of drug-likeness (QED) is 0.445. The molecule has 0 radical (unpaired) electrons. The van der Waals surface area contributed by atoms with Crippen molar-refractivity contribution < 1.29 is 19.4 Å². The second kappa shape index (κ2) is 6.38. The van der Waals surface area contributed by atoms with Crippen molar-refractivity contribution in [3.63, 3.8) is 0 Å². The lowest BCUT2D eigenvalue weighted by atomic mass is 10.3. The van der Waals surface area contributed by atoms with E-state index < -0.39 is 17.9 Å². The number of hydrogen-bond donors (Lipinski definition) is 3. The molecular weight excluding hydrogens is 176 g/mol. The van der Waals surface area contributed by atoms with Gasteiger partial charge in [-0.15, -0.1) is 0 Å². The molecule has 0 aliphatic carbocycles. The van der Waals surface area contributed by atoms with Gasteiger partial charge in [-0.3, -0.25) is 9.59 Å². The number of carbonyl (C=O) groups is 2. The summed E-state index contributed by atoms with van der Waals surface area (Å²) in [4.78, 5) is 21.2. The lowest BCUT2D eigenvalue weighted by molar-refractivity contribution is -0.142. The normalized spacial score (nSPS) is 12.2. The summed E-state index contributed by atoms with van der Waals surface area (Å²) in [6.45, 7) is 1.84. The van der Waals surface area contributed by atoms with E-state index in [-0.39, 0.29) is 13.2 Å². The fraction of sp³-hybridized carbons (Fsp3) is 0.714. The smallest absolute Gasteiger partial charge is 0.325 e. The zero-order chi connectivity index (χ0) is 10.3. The topological polar surface area (TPSA) is 102 Å². The molecule has 1 atom stereocenters. The third kappa shape index (κ3) is 6.06. The van der Waals surface area contributed by atoms with E-state index in [2.05, 4.69) is 5.32 Å². The molecule has 0 aromatic heterocycles. The van der Waals surface area contributed by atoms with Crippen LogP contribution in [-0.2, 0) is 14.3 Å². The van der Waals surface area contributed by atoms with Crippen molar-refractivity contribution in [1.82, 2.24) is 5.32 Å². The Morgan fingerprint density at radius 2 is 2.23 bits per heavy atom. The van der Waals surface area contributed by atoms with Crippen LogP contribution in [0.25, 0.3) is 0 Å². The third-order valence-corrected chi connectivity index (χ3v) is 1.24. The minimum Gasteiger partial charge on any atom is -0.480 e. The highest BCUT2D eigenvalue weighted by Gasteiger charge is 2.13. The van der Waals surface area contributed by atoms with Crippen LogP contribution in [-0.4, -0.2) is 42.8 Å². The SMILES string of the molecule is CC(NC(=O)COCCN)C(=O)O. The van der Waals surface area contributed by atoms with Gasteiger partial charge in [0.25, 0.3) is 0 Å². The number of aliphatic carboxylic acids is 1. The average Bonchev–Trinajstić information content (AvgIpc) is 2.04. The minimum atomic E-state index is -1.08. The molecule has 13 heavy (non-hydrogen) atoms. The maximum atomic E-state index is 10.9. The Hall–Kier alpha value is -1.14. The summed E-state index contributed by atoms with van der Waals surface area (Å²) in [5.74, 6) is -1.53. The first-order chi connectivity index (χ1) is 6.07. The standard InChI is InChI=1S/C7H14N2O4/c1-5(7(11)12)9-6(10)4-13-3-2-8/h5H,2-4,8H2,1H3,(H,9,10)(H,11,12). The van der Waals surface area contributed by atoms with Gasteiger partial charge < -0.3 is 20.9 Å². The molecular formula is C7H14N2O4. The van der Waals surface area contributed by atoms with E-state index in [1.165, 1.54) is 6.92 Å². The molecule has 0 saturated heterocycles. The molecule has 0 spiro atoms. The second-order valence-corrected chi connectivity index (χ2v) is 2.47. The maximum Gasteiger partial charge on any atom is 0.325 e. The van der Waals surface area contributed by atoms with Crippen LogP contribution in [0.3, 0.4) is 0 Å². The Kier molecular flexibility index (Phi) is 5.82. The number of carbonyl (C=O) groups excluding carboxylic acids is 1. The van der Waals surface area contributed by atoms with Crippen LogP contribution in [0.15, 0.2) is 0 Å². The number of nitrogens with two attached hydrogens (primary N) is 1. The lowest BCUT2D eigenvalue weighted by Crippen LogP contribution is -2.40. The highest BCUT2D eigenvalue weighted by Crippen LogP contribution is 1.82. The third-order valence-electron chi connectivity index (χ3n) is 1.24. The molecule has 76 valence electrons. The summed E-state index contributed by atoms with van der Waals surface area (Å²) in [6, 6.07) is -0.894. The zero-order valence-electron chi connectivity index (χ0n) is 7.45. The van der Waals surface area contributed by atoms with Gasteiger partial charge in [0.15, 0.2) is 0 Å². The molecule has 0 fully saturated rings. The summed E-state index contributed by atoms with van der Waals surface area (Å²) in [5, 5.41) is 10.7. The summed E-state index contributed by atoms with van der Waals surface area (Å²) in [7, 11) is 0. The van der Waals surface area contributed by atoms with Gasteiger partial charge in [0.1, 0.15) is 12.6 Å². The molecule has 4 N–H and O–H groups in total. The molecule has 0 saturated carbocycles. The van der Waals surface area contributed by atoms with Gasteiger partial charge in [0.2, 0.25) is 5.91 Å². The first-order valence-corrected chi connectivity index (χ1v) is 3.88. The van der Waals surface area contributed by atoms with E-state index in [4.69, 9.17) is 15.6 Å². The van der Waals surface area contributed by atoms with Crippen molar-refractivity contribution in [3.05, 3.63) is 0 Å². The van der Waals surface area contributed by atoms with Crippen LogP contribution < -0.4 is 11.1 Å². The van der Waals surface area contributed by atoms with Gasteiger partial charge >= 0.3 is 5.97 Å². The number of hydrogen-bond acceptors (Lipinski definition) is 4. The van der Waals surface area contributed by atoms with Gasteiger partial charge in [-0.05, 0) is 6.92 Å². The van der Waals surface area contributed by atoms with E-state index >= 15 is 0 Å². The number of amides is 1. The number of carboxylic acid groups (broad SMARTS) is 1. The van der Waals surface area contributed by atoms with E-state index in [0.29, 0.717) is 6.54 Å². The fourth-order valence-corrected chi connectivity index (χ4v) is 0.593. The van der Waals surface area contributed by atoms with Crippen LogP contribution in [0.5, 0.6) is 0 Å². The first kappa shape index (κ1) is 11.9. The van der Waals surface area contributed by atoms with Crippen LogP contribution in [0.4, 0.5) is 0 Å². The zero-order valence-corrected chi connectivity index (χ0v) is 7.45. The van der Waals surface area contributed by atoms with Crippen molar-refractivity contribution in [3.8, 4) is 0 Å². The summed E-state index contributed by atoms with van der Waals surface area (Å²) in [6.07, 6.45) is 0. The van der Waals surface area contributed by atoms with Gasteiger partial charge in [-0.2, -0.15) is 0 Å². The molecule has 6 heteroatoms. The van der Waals surface area contributed by atoms with Crippen LogP contribution in [0.2, 0.25) is 0 Å². The highest BCUT2D eigenvalue weighted by molar-refractivity contribution is 5.83. The molecule has 0 aliphatic rings. The summed E-state index contributed by atoms with van der Waals surface area (Å²) >= 11 is 0. The van der Waals surface area contributed by atoms with Crippen LogP contribution in [0, 0.1) is 0 Å². The predicted molar refractivity (Wildman–Crippen MR) is 45.1 cm³/mol. The molecule has 0 aromatic carbocycles. The van der Waals surface area contributed by atoms with Gasteiger partial charge in [-0.1, -0.05) is 0 Å². The van der Waals surface area contributed by atoms with Crippen molar-refractivity contribution in [1.29, 1.82) is 0 Å². The van der Waals surface area contributed by atoms with E-state index in [1.54, 1.807) is 0 Å². The summed E-state index contributed by atoms with van der Waals surface area (Å²) < 4.78 is 4.80. The lowest BCUT2D eigenvalue weighted by Gasteiger charge is -2.08. The number of carboxylic acids is 1. The molecule has 0 bridgehead atoms. The first-order valence-electron chi connectivity index (χ1n) is 3.88. The van der Waals surface area contributed by atoms with Gasteiger partial charge in [0.05, 0.1) is 6.61 Å². The monoisotopic (exact) mass is 190 g/mol. The fourth-order valence-electron chi connectivity index (χ4n) is 0.593. The van der Waals surface area contributed by atoms with Crippen molar-refractivity contribution in [2.45, 2.75) is 13.0 Å². The number of ether oxygens (including phenoxy) is 1. The Labute approximate surface area is 76.0 Å². The van der Waals surface area contributed by atoms with Crippen molar-refractivity contribution >= 4 is 11.9 Å². The molecule has 0 heterocycles. The van der Waals surface area contributed by atoms with Crippen molar-refractivity contribution in [2.24, 2.45) is 5.73 Å². The van der Waals surface area contributed by atoms with Crippen molar-refractivity contribution in [2.75, 3.05) is 19.8 Å². The predicted octanol–water partition coefficient (Wildman–Crippen LogP) is -1.45. The molecule has 0 rings (SSSR count). The molecule has 0 aromatic rings. The second-order valence-electron chi connectivity index (χ2n) is 2.47. The van der Waals surface area contributed by atoms with E-state index in [1.807, 2.05) is 0 Å². The Morgan fingerprint density at radius 1 is 1.62 bits per heavy atom. The maximum absolute atomic E-state index is 10.9. The van der Waals surface area contributed by atoms with E-state index in [9.17, 15) is 9.59 Å². The van der Waals surface area contributed by atoms with Crippen LogP contribution in [0.1, 0.15) is 6.92 Å². The van der Waals surface area contributed by atoms with Gasteiger partial charge in [0, 0.05) is 6.54 Å². The van der Waals surface area contributed by atoms with E-state index in [0.717, 1.165) is 0 Å². The number of rotatable bonds is 6. The molecule has 1 unspecified atom stereocenters. The Morgan fingerprint density at radius 3 is 2.69 bits per heavy atom. The molecule has 0 aliphatic heterocycles. The Balaban J connectivity index is 3.56. The Bertz CT molecular complexity index is 183. The summed E-state index contributed by atoms with van der Waals surface area (Å²) in [5.41, 5.74) is 5.11. The molecule has 1 amide bonds.